The number of rotatable bonds is 11. The van der Waals surface area contributed by atoms with Crippen LogP contribution in [0, 0.1) is 35.7 Å². The predicted molar refractivity (Wildman–Crippen MR) is 315 cm³/mol. The molecule has 3 aromatic heterocycles. The van der Waals surface area contributed by atoms with Gasteiger partial charge in [-0.1, -0.05) is 30.2 Å². The standard InChI is InChI=1S/C64H72F3N11O8/c1-6-43-47(65)14-11-39-9-7-10-44(53(39)43)55-54(67)56-46(31-68-55)57(75-33-40-12-13-41(34-75)77(40)62(83)86-63(2,3)4)71-59(70-56)85-36-64-22-8-24-76(64)42(17-23-64)35-84-61(82)74-27-18-37(19-28-74)32-73-25-20-38(21-26-73)45-29-50-51(30-48(45)66)78(60(81)72(50)5)49-15-16-52(79)69-58(49)80/h1,7,9-11,14,29-31,37-38,40-42,49H,8,12-13,15-28,32-36H2,2-5H3,(H,69,79,80)/t40-,41+,42-,49?,64+/m0/s1. The number of imidazole rings is 1. The Morgan fingerprint density at radius 3 is 2.36 bits per heavy atom. The smallest absolute Gasteiger partial charge is 0.410 e. The Morgan fingerprint density at radius 2 is 1.63 bits per heavy atom. The molecule has 452 valence electrons. The lowest BCUT2D eigenvalue weighted by Crippen LogP contribution is -2.57. The number of hydrogen-bond acceptors (Lipinski definition) is 14. The first-order chi connectivity index (χ1) is 41.3. The summed E-state index contributed by atoms with van der Waals surface area (Å²) in [6, 6.07) is 9.96. The summed E-state index contributed by atoms with van der Waals surface area (Å²) in [6.45, 7) is 11.3. The number of piperidine rings is 3. The van der Waals surface area contributed by atoms with E-state index in [1.54, 1.807) is 43.6 Å². The molecule has 10 heterocycles. The fraction of sp³-hybridized carbons (Fsp3) is 0.531. The third-order valence-electron chi connectivity index (χ3n) is 19.5. The minimum absolute atomic E-state index is 0.00614. The van der Waals surface area contributed by atoms with Gasteiger partial charge < -0.3 is 28.9 Å². The summed E-state index contributed by atoms with van der Waals surface area (Å²) in [5.74, 6) is 0.562. The molecule has 7 saturated heterocycles. The van der Waals surface area contributed by atoms with Crippen molar-refractivity contribution in [1.82, 2.24) is 49.0 Å². The number of carbonyl (C=O) groups is 4. The molecule has 4 amide bonds. The number of carbonyl (C=O) groups excluding carboxylic acids is 4. The Balaban J connectivity index is 0.645. The van der Waals surface area contributed by atoms with Crippen molar-refractivity contribution in [3.05, 3.63) is 87.7 Å². The lowest BCUT2D eigenvalue weighted by molar-refractivity contribution is -0.135. The van der Waals surface area contributed by atoms with E-state index >= 15 is 13.2 Å². The molecule has 1 N–H and O–H groups in total. The van der Waals surface area contributed by atoms with Gasteiger partial charge in [-0.15, -0.1) is 6.42 Å². The molecule has 7 fully saturated rings. The number of pyridine rings is 1. The number of nitrogens with one attached hydrogen (secondary N) is 1. The van der Waals surface area contributed by atoms with Crippen LogP contribution in [-0.2, 0) is 26.1 Å². The Kier molecular flexibility index (Phi) is 15.0. The third kappa shape index (κ3) is 10.4. The summed E-state index contributed by atoms with van der Waals surface area (Å²) < 4.78 is 70.0. The summed E-state index contributed by atoms with van der Waals surface area (Å²) in [5.41, 5.74) is 0.230. The maximum atomic E-state index is 17.5. The van der Waals surface area contributed by atoms with Crippen molar-refractivity contribution in [3.8, 4) is 29.6 Å². The van der Waals surface area contributed by atoms with Crippen LogP contribution in [0.3, 0.4) is 0 Å². The Hall–Kier alpha value is -7.77. The van der Waals surface area contributed by atoms with Crippen LogP contribution in [-0.4, -0.2) is 163 Å². The van der Waals surface area contributed by atoms with Crippen molar-refractivity contribution in [2.75, 3.05) is 70.5 Å². The molecule has 7 aliphatic rings. The molecule has 86 heavy (non-hydrogen) atoms. The SMILES string of the molecule is C#Cc1c(F)ccc2cccc(-c3ncc4c(N5C[C@H]6CC[C@@H](C5)N6C(=O)OC(C)(C)C)nc(OC[C@]56CCCN5[C@H](COC(=O)N5CCC(CN7CCC(c8cc9c(cc8F)n(C8CCC(=O)NC8=O)c(=O)n9C)CC7)CC5)CC6)nc4c3F)c12. The zero-order valence-corrected chi connectivity index (χ0v) is 49.1. The molecule has 19 nitrogen and oxygen atoms in total. The predicted octanol–water partition coefficient (Wildman–Crippen LogP) is 8.57. The molecule has 7 aliphatic heterocycles. The largest absolute Gasteiger partial charge is 0.461 e. The monoisotopic (exact) mass is 1180 g/mol. The van der Waals surface area contributed by atoms with Crippen LogP contribution in [0.5, 0.6) is 6.01 Å². The minimum Gasteiger partial charge on any atom is -0.461 e. The number of piperazine rings is 1. The number of nitrogens with zero attached hydrogens (tertiary/aromatic N) is 10. The number of aromatic nitrogens is 5. The summed E-state index contributed by atoms with van der Waals surface area (Å²) in [5, 5.41) is 3.66. The highest BCUT2D eigenvalue weighted by Gasteiger charge is 2.51. The molecule has 5 atom stereocenters. The van der Waals surface area contributed by atoms with Gasteiger partial charge >= 0.3 is 23.9 Å². The topological polar surface area (TPSA) is 190 Å². The number of terminal acetylenes is 1. The van der Waals surface area contributed by atoms with Gasteiger partial charge in [0.2, 0.25) is 11.8 Å². The number of ether oxygens (including phenoxy) is 3. The maximum absolute atomic E-state index is 17.5. The third-order valence-corrected chi connectivity index (χ3v) is 19.5. The molecule has 1 unspecified atom stereocenters. The van der Waals surface area contributed by atoms with Crippen molar-refractivity contribution in [3.63, 3.8) is 0 Å². The first-order valence-corrected chi connectivity index (χ1v) is 30.4. The van der Waals surface area contributed by atoms with E-state index in [1.165, 1.54) is 21.3 Å². The second-order valence-corrected chi connectivity index (χ2v) is 25.8. The van der Waals surface area contributed by atoms with Gasteiger partial charge in [-0.3, -0.25) is 38.8 Å². The molecular formula is C64H72F3N11O8. The summed E-state index contributed by atoms with van der Waals surface area (Å²) in [7, 11) is 1.62. The molecule has 0 aliphatic carbocycles. The molecule has 13 rings (SSSR count). The molecule has 3 aromatic carbocycles. The van der Waals surface area contributed by atoms with E-state index in [-0.39, 0.29) is 91.0 Å². The summed E-state index contributed by atoms with van der Waals surface area (Å²) in [4.78, 5) is 90.0. The van der Waals surface area contributed by atoms with Gasteiger partial charge in [-0.25, -0.2) is 27.6 Å². The van der Waals surface area contributed by atoms with Gasteiger partial charge in [0, 0.05) is 75.4 Å². The number of likely N-dealkylation sites (tertiary alicyclic amines) is 2. The molecule has 0 saturated carbocycles. The number of benzene rings is 3. The van der Waals surface area contributed by atoms with Crippen molar-refractivity contribution >= 4 is 62.5 Å². The van der Waals surface area contributed by atoms with Crippen molar-refractivity contribution in [2.24, 2.45) is 13.0 Å². The molecule has 0 radical (unpaired) electrons. The average Bonchev–Trinajstić information content (AvgIpc) is 1.71. The van der Waals surface area contributed by atoms with Gasteiger partial charge in [0.25, 0.3) is 0 Å². The first kappa shape index (κ1) is 57.3. The number of halogens is 3. The Labute approximate surface area is 496 Å². The van der Waals surface area contributed by atoms with E-state index in [2.05, 4.69) is 30.9 Å². The number of imide groups is 1. The zero-order valence-electron chi connectivity index (χ0n) is 49.1. The Morgan fingerprint density at radius 1 is 0.860 bits per heavy atom. The number of hydrogen-bond donors (Lipinski definition) is 1. The quantitative estimate of drug-likeness (QED) is 0.0959. The van der Waals surface area contributed by atoms with Crippen LogP contribution < -0.4 is 20.6 Å². The second kappa shape index (κ2) is 22.5. The molecular weight excluding hydrogens is 1110 g/mol. The van der Waals surface area contributed by atoms with Gasteiger partial charge in [-0.2, -0.15) is 9.97 Å². The molecule has 0 spiro atoms. The van der Waals surface area contributed by atoms with Crippen LogP contribution in [0.2, 0.25) is 0 Å². The van der Waals surface area contributed by atoms with Crippen LogP contribution in [0.25, 0.3) is 44.0 Å². The van der Waals surface area contributed by atoms with E-state index in [1.807, 2.05) is 30.6 Å². The number of anilines is 1. The van der Waals surface area contributed by atoms with Crippen molar-refractivity contribution in [1.29, 1.82) is 0 Å². The summed E-state index contributed by atoms with van der Waals surface area (Å²) in [6.07, 6.45) is 15.0. The number of fused-ring (bicyclic) bond motifs is 6. The first-order valence-electron chi connectivity index (χ1n) is 30.4. The lowest BCUT2D eigenvalue weighted by atomic mass is 9.87. The van der Waals surface area contributed by atoms with Gasteiger partial charge in [0.1, 0.15) is 53.5 Å². The molecule has 2 bridgehead atoms. The van der Waals surface area contributed by atoms with E-state index in [9.17, 15) is 24.0 Å². The maximum Gasteiger partial charge on any atom is 0.410 e. The van der Waals surface area contributed by atoms with E-state index in [4.69, 9.17) is 30.6 Å². The van der Waals surface area contributed by atoms with Crippen LogP contribution in [0.4, 0.5) is 28.6 Å². The summed E-state index contributed by atoms with van der Waals surface area (Å²) >= 11 is 0. The minimum atomic E-state index is -0.884. The van der Waals surface area contributed by atoms with Gasteiger partial charge in [-0.05, 0) is 146 Å². The zero-order chi connectivity index (χ0) is 59.9. The number of amides is 4. The van der Waals surface area contributed by atoms with E-state index in [0.29, 0.717) is 76.2 Å². The fourth-order valence-corrected chi connectivity index (χ4v) is 15.2. The average molecular weight is 1180 g/mol. The van der Waals surface area contributed by atoms with Gasteiger partial charge in [0.15, 0.2) is 5.82 Å². The molecule has 22 heteroatoms. The lowest BCUT2D eigenvalue weighted by Gasteiger charge is -2.42. The van der Waals surface area contributed by atoms with Crippen LogP contribution >= 0.6 is 0 Å². The van der Waals surface area contributed by atoms with Gasteiger partial charge in [0.05, 0.1) is 39.6 Å². The van der Waals surface area contributed by atoms with E-state index < -0.39 is 46.2 Å². The van der Waals surface area contributed by atoms with Crippen molar-refractivity contribution < 1.29 is 46.6 Å². The van der Waals surface area contributed by atoms with Crippen molar-refractivity contribution in [2.45, 2.75) is 139 Å². The second-order valence-electron chi connectivity index (χ2n) is 25.8. The highest BCUT2D eigenvalue weighted by molar-refractivity contribution is 6.02. The normalized spacial score (nSPS) is 24.2. The van der Waals surface area contributed by atoms with E-state index in [0.717, 1.165) is 90.4 Å². The highest BCUT2D eigenvalue weighted by atomic mass is 19.1. The van der Waals surface area contributed by atoms with Crippen LogP contribution in [0.15, 0.2) is 53.5 Å². The fourth-order valence-electron chi connectivity index (χ4n) is 15.2. The Bertz CT molecular complexity index is 3810. The number of aryl methyl sites for hydroxylation is 1. The highest BCUT2D eigenvalue weighted by Crippen LogP contribution is 2.45. The molecule has 6 aromatic rings. The van der Waals surface area contributed by atoms with Crippen LogP contribution in [0.1, 0.15) is 121 Å².